The van der Waals surface area contributed by atoms with Gasteiger partial charge in [0.2, 0.25) is 0 Å². The Morgan fingerprint density at radius 2 is 0.659 bits per heavy atom. The quantitative estimate of drug-likeness (QED) is 0.215. The second-order valence-electron chi connectivity index (χ2n) is 10.3. The Morgan fingerprint density at radius 1 is 0.341 bits per heavy atom. The van der Waals surface area contributed by atoms with Gasteiger partial charge in [0.05, 0.1) is 0 Å². The largest absolute Gasteiger partial charge is 0.864 e. The maximum absolute atomic E-state index is 6.74. The van der Waals surface area contributed by atoms with E-state index in [1.807, 2.05) is 54.6 Å². The zero-order valence-corrected chi connectivity index (χ0v) is 22.2. The van der Waals surface area contributed by atoms with E-state index in [4.69, 9.17) is 14.0 Å². The van der Waals surface area contributed by atoms with Crippen molar-refractivity contribution in [2.75, 3.05) is 0 Å². The molecule has 3 heterocycles. The molecule has 0 saturated carbocycles. The fourth-order valence-corrected chi connectivity index (χ4v) is 6.14. The molecular weight excluding hydrogens is 503 g/mol. The zero-order chi connectivity index (χ0) is 27.2. The van der Waals surface area contributed by atoms with Crippen molar-refractivity contribution < 1.29 is 14.0 Å². The van der Waals surface area contributed by atoms with Crippen molar-refractivity contribution in [3.8, 4) is 50.6 Å². The van der Waals surface area contributed by atoms with Gasteiger partial charge in [0.1, 0.15) is 17.2 Å². The smallest absolute Gasteiger partial charge is 0.489 e. The zero-order valence-electron chi connectivity index (χ0n) is 22.2. The molecule has 6 aromatic carbocycles. The molecule has 9 rings (SSSR count). The maximum atomic E-state index is 6.74. The fourth-order valence-electron chi connectivity index (χ4n) is 6.14. The number of benzene rings is 6. The van der Waals surface area contributed by atoms with Crippen LogP contribution in [0.25, 0.3) is 33.4 Å². The van der Waals surface area contributed by atoms with Gasteiger partial charge in [-0.15, -0.1) is 0 Å². The van der Waals surface area contributed by atoms with Gasteiger partial charge in [-0.2, -0.15) is 0 Å². The van der Waals surface area contributed by atoms with Gasteiger partial charge in [0.15, 0.2) is 0 Å². The van der Waals surface area contributed by atoms with Gasteiger partial charge in [-0.3, -0.25) is 0 Å². The predicted molar refractivity (Wildman–Crippen MR) is 164 cm³/mol. The molecule has 41 heavy (non-hydrogen) atoms. The first-order valence-corrected chi connectivity index (χ1v) is 13.9. The van der Waals surface area contributed by atoms with Crippen molar-refractivity contribution in [2.45, 2.75) is 5.92 Å². The van der Waals surface area contributed by atoms with Crippen LogP contribution in [0.5, 0.6) is 17.2 Å². The Kier molecular flexibility index (Phi) is 5.63. The van der Waals surface area contributed by atoms with E-state index in [9.17, 15) is 0 Å². The summed E-state index contributed by atoms with van der Waals surface area (Å²) in [5.41, 5.74) is 9.53. The highest BCUT2D eigenvalue weighted by Crippen LogP contribution is 2.53. The Hall–Kier alpha value is -5.22. The van der Waals surface area contributed by atoms with Crippen LogP contribution in [0.1, 0.15) is 22.6 Å². The minimum absolute atomic E-state index is 0.188. The molecular formula is C37H25BO3. The molecule has 0 spiro atoms. The lowest BCUT2D eigenvalue weighted by atomic mass is 9.78. The van der Waals surface area contributed by atoms with Crippen LogP contribution in [0.15, 0.2) is 146 Å². The van der Waals surface area contributed by atoms with Gasteiger partial charge in [-0.05, 0) is 16.7 Å². The summed E-state index contributed by atoms with van der Waals surface area (Å²) < 4.78 is 20.2. The molecule has 0 unspecified atom stereocenters. The summed E-state index contributed by atoms with van der Waals surface area (Å²) in [4.78, 5) is 0. The molecule has 194 valence electrons. The first-order valence-electron chi connectivity index (χ1n) is 13.9. The third kappa shape index (κ3) is 3.99. The maximum Gasteiger partial charge on any atom is 0.864 e. The van der Waals surface area contributed by atoms with Crippen molar-refractivity contribution in [1.29, 1.82) is 0 Å². The fraction of sp³-hybridized carbons (Fsp3) is 0.0270. The van der Waals surface area contributed by atoms with Gasteiger partial charge in [-0.1, -0.05) is 146 Å². The number of para-hydroxylation sites is 3. The summed E-state index contributed by atoms with van der Waals surface area (Å²) in [5, 5.41) is 0. The van der Waals surface area contributed by atoms with Crippen LogP contribution in [0.2, 0.25) is 0 Å². The summed E-state index contributed by atoms with van der Waals surface area (Å²) in [7, 11) is -1.01. The van der Waals surface area contributed by atoms with Gasteiger partial charge in [-0.25, -0.2) is 0 Å². The lowest BCUT2D eigenvalue weighted by Crippen LogP contribution is -2.41. The third-order valence-corrected chi connectivity index (χ3v) is 7.97. The number of rotatable bonds is 3. The van der Waals surface area contributed by atoms with Crippen molar-refractivity contribution in [3.63, 3.8) is 0 Å². The molecule has 3 aliphatic rings. The van der Waals surface area contributed by atoms with E-state index in [2.05, 4.69) is 91.0 Å². The van der Waals surface area contributed by atoms with Crippen LogP contribution in [0, 0.1) is 0 Å². The summed E-state index contributed by atoms with van der Waals surface area (Å²) in [6.07, 6.45) is 0. The van der Waals surface area contributed by atoms with E-state index in [0.717, 1.165) is 67.3 Å². The Balaban J connectivity index is 1.44. The monoisotopic (exact) mass is 528 g/mol. The topological polar surface area (TPSA) is 27.7 Å². The second-order valence-corrected chi connectivity index (χ2v) is 10.3. The van der Waals surface area contributed by atoms with Gasteiger partial charge in [0, 0.05) is 39.3 Å². The van der Waals surface area contributed by atoms with E-state index in [0.29, 0.717) is 0 Å². The SMILES string of the molecule is c1ccc(-c2cccc3c2OB2Oc4c(-c5ccccc5)cccc4C3c3cccc(-c4ccccc4)c3O2)cc1. The molecule has 2 bridgehead atoms. The van der Waals surface area contributed by atoms with E-state index >= 15 is 0 Å². The average molecular weight is 528 g/mol. The molecule has 0 aromatic heterocycles. The standard InChI is InChI=1S/C37H25BO3/c1-4-13-25(14-5-1)28-19-10-22-31-34-32-23-11-20-29(26-15-6-2-7-16-26)36(32)40-38(39-35(28)31)41-37-30(21-12-24-33(34)37)27-17-8-3-9-18-27/h1-24,34H. The van der Waals surface area contributed by atoms with E-state index in [1.54, 1.807) is 0 Å². The highest BCUT2D eigenvalue weighted by atomic mass is 16.7. The van der Waals surface area contributed by atoms with Crippen LogP contribution in [-0.4, -0.2) is 7.32 Å². The molecule has 0 amide bonds. The Labute approximate surface area is 239 Å². The molecule has 0 saturated heterocycles. The van der Waals surface area contributed by atoms with Crippen LogP contribution in [0.4, 0.5) is 0 Å². The van der Waals surface area contributed by atoms with E-state index in [1.165, 1.54) is 0 Å². The van der Waals surface area contributed by atoms with Crippen molar-refractivity contribution >= 4 is 7.32 Å². The first kappa shape index (κ1) is 23.7. The van der Waals surface area contributed by atoms with Crippen LogP contribution in [-0.2, 0) is 0 Å². The lowest BCUT2D eigenvalue weighted by Gasteiger charge is -2.35. The van der Waals surface area contributed by atoms with Gasteiger partial charge < -0.3 is 14.0 Å². The molecule has 0 atom stereocenters. The highest BCUT2D eigenvalue weighted by molar-refractivity contribution is 6.40. The normalized spacial score (nSPS) is 13.3. The molecule has 0 aliphatic carbocycles. The third-order valence-electron chi connectivity index (χ3n) is 7.97. The van der Waals surface area contributed by atoms with Crippen molar-refractivity contribution in [1.82, 2.24) is 0 Å². The van der Waals surface area contributed by atoms with E-state index in [-0.39, 0.29) is 5.92 Å². The van der Waals surface area contributed by atoms with Crippen molar-refractivity contribution in [3.05, 3.63) is 162 Å². The molecule has 3 nitrogen and oxygen atoms in total. The Bertz CT molecular complexity index is 1650. The molecule has 6 aromatic rings. The van der Waals surface area contributed by atoms with Crippen LogP contribution >= 0.6 is 0 Å². The van der Waals surface area contributed by atoms with Crippen LogP contribution in [0.3, 0.4) is 0 Å². The van der Waals surface area contributed by atoms with Crippen LogP contribution < -0.4 is 14.0 Å². The molecule has 0 N–H and O–H groups in total. The minimum atomic E-state index is -1.01. The lowest BCUT2D eigenvalue weighted by molar-refractivity contribution is 0.294. The summed E-state index contributed by atoms with van der Waals surface area (Å²) in [6.45, 7) is 0. The van der Waals surface area contributed by atoms with Gasteiger partial charge >= 0.3 is 7.32 Å². The summed E-state index contributed by atoms with van der Waals surface area (Å²) in [5.74, 6) is 2.15. The number of hydrogen-bond donors (Lipinski definition) is 0. The summed E-state index contributed by atoms with van der Waals surface area (Å²) >= 11 is 0. The minimum Gasteiger partial charge on any atom is -0.489 e. The summed E-state index contributed by atoms with van der Waals surface area (Å²) in [6, 6.07) is 50.3. The molecule has 0 fully saturated rings. The molecule has 4 heteroatoms. The molecule has 0 radical (unpaired) electrons. The van der Waals surface area contributed by atoms with Crippen molar-refractivity contribution in [2.24, 2.45) is 0 Å². The Morgan fingerprint density at radius 3 is 0.976 bits per heavy atom. The van der Waals surface area contributed by atoms with E-state index < -0.39 is 7.32 Å². The highest BCUT2D eigenvalue weighted by Gasteiger charge is 2.43. The number of hydrogen-bond acceptors (Lipinski definition) is 3. The molecule has 3 aliphatic heterocycles. The second kappa shape index (κ2) is 9.76. The first-order chi connectivity index (χ1) is 20.3. The van der Waals surface area contributed by atoms with Gasteiger partial charge in [0.25, 0.3) is 0 Å². The average Bonchev–Trinajstić information content (AvgIpc) is 3.02. The predicted octanol–water partition coefficient (Wildman–Crippen LogP) is 9.02.